The van der Waals surface area contributed by atoms with Crippen LogP contribution in [0.2, 0.25) is 0 Å². The smallest absolute Gasteiger partial charge is 0.246 e. The van der Waals surface area contributed by atoms with Crippen LogP contribution in [-0.2, 0) is 17.8 Å². The van der Waals surface area contributed by atoms with E-state index in [1.165, 1.54) is 11.0 Å². The molecule has 3 aromatic rings. The zero-order chi connectivity index (χ0) is 19.8. The third-order valence-corrected chi connectivity index (χ3v) is 4.09. The third kappa shape index (κ3) is 5.86. The number of hydrogen-bond acceptors (Lipinski definition) is 7. The first kappa shape index (κ1) is 19.5. The van der Waals surface area contributed by atoms with E-state index in [1.807, 2.05) is 30.3 Å². The minimum atomic E-state index is -0.577. The minimum Gasteiger partial charge on any atom is -0.387 e. The SMILES string of the molecule is Nc1ncn(CC(=O)Nc2ccc(CCNC[C@H](O)c3cccnc3)cc2)n1. The van der Waals surface area contributed by atoms with E-state index in [-0.39, 0.29) is 18.4 Å². The molecule has 9 nitrogen and oxygen atoms in total. The van der Waals surface area contributed by atoms with Gasteiger partial charge in [-0.2, -0.15) is 0 Å². The predicted octanol–water partition coefficient (Wildman–Crippen LogP) is 0.760. The standard InChI is InChI=1S/C19H23N7O2/c20-19-23-13-26(25-19)12-18(28)24-16-5-3-14(4-6-16)7-9-22-11-17(27)15-2-1-8-21-10-15/h1-6,8,10,13,17,22,27H,7,9,11-12H2,(H2,20,25)(H,24,28)/t17-/m0/s1. The third-order valence-electron chi connectivity index (χ3n) is 4.09. The van der Waals surface area contributed by atoms with Crippen LogP contribution in [0.25, 0.3) is 0 Å². The zero-order valence-electron chi connectivity index (χ0n) is 15.3. The summed E-state index contributed by atoms with van der Waals surface area (Å²) in [7, 11) is 0. The number of hydrogen-bond donors (Lipinski definition) is 4. The van der Waals surface area contributed by atoms with Gasteiger partial charge in [0.2, 0.25) is 11.9 Å². The molecule has 0 saturated carbocycles. The number of aliphatic hydroxyl groups is 1. The van der Waals surface area contributed by atoms with Crippen molar-refractivity contribution in [1.82, 2.24) is 25.1 Å². The number of anilines is 2. The van der Waals surface area contributed by atoms with Gasteiger partial charge in [-0.15, -0.1) is 5.10 Å². The minimum absolute atomic E-state index is 0.0507. The number of benzene rings is 1. The Morgan fingerprint density at radius 1 is 1.25 bits per heavy atom. The maximum absolute atomic E-state index is 12.0. The molecule has 0 spiro atoms. The summed E-state index contributed by atoms with van der Waals surface area (Å²) in [6.45, 7) is 1.25. The van der Waals surface area contributed by atoms with Crippen LogP contribution in [-0.4, -0.2) is 43.9 Å². The summed E-state index contributed by atoms with van der Waals surface area (Å²) < 4.78 is 1.38. The fourth-order valence-corrected chi connectivity index (χ4v) is 2.65. The Hall–Kier alpha value is -3.30. The molecular formula is C19H23N7O2. The zero-order valence-corrected chi connectivity index (χ0v) is 15.3. The number of nitrogens with zero attached hydrogens (tertiary/aromatic N) is 4. The van der Waals surface area contributed by atoms with Crippen LogP contribution in [0.1, 0.15) is 17.2 Å². The maximum atomic E-state index is 12.0. The molecule has 0 saturated heterocycles. The first-order chi connectivity index (χ1) is 13.6. The first-order valence-electron chi connectivity index (χ1n) is 8.92. The second kappa shape index (κ2) is 9.58. The lowest BCUT2D eigenvalue weighted by Gasteiger charge is -2.12. The van der Waals surface area contributed by atoms with Gasteiger partial charge in [-0.25, -0.2) is 9.67 Å². The Balaban J connectivity index is 1.38. The topological polar surface area (TPSA) is 131 Å². The van der Waals surface area contributed by atoms with Gasteiger partial charge in [-0.1, -0.05) is 18.2 Å². The summed E-state index contributed by atoms with van der Waals surface area (Å²) in [5.41, 5.74) is 8.06. The van der Waals surface area contributed by atoms with Crippen LogP contribution in [0.4, 0.5) is 11.6 Å². The number of aliphatic hydroxyl groups excluding tert-OH is 1. The Morgan fingerprint density at radius 3 is 2.75 bits per heavy atom. The molecule has 146 valence electrons. The van der Waals surface area contributed by atoms with E-state index >= 15 is 0 Å². The highest BCUT2D eigenvalue weighted by molar-refractivity contribution is 5.90. The van der Waals surface area contributed by atoms with Crippen molar-refractivity contribution in [3.05, 3.63) is 66.2 Å². The molecule has 1 aromatic carbocycles. The molecule has 0 aliphatic rings. The molecule has 0 aliphatic carbocycles. The Labute approximate surface area is 162 Å². The summed E-state index contributed by atoms with van der Waals surface area (Å²) in [5, 5.41) is 20.0. The molecule has 9 heteroatoms. The lowest BCUT2D eigenvalue weighted by Crippen LogP contribution is -2.23. The molecule has 1 atom stereocenters. The van der Waals surface area contributed by atoms with Crippen LogP contribution in [0, 0.1) is 0 Å². The Kier molecular flexibility index (Phi) is 6.66. The van der Waals surface area contributed by atoms with Gasteiger partial charge in [-0.05, 0) is 36.7 Å². The van der Waals surface area contributed by atoms with Crippen molar-refractivity contribution in [3.8, 4) is 0 Å². The molecule has 0 aliphatic heterocycles. The van der Waals surface area contributed by atoms with Gasteiger partial charge in [0.1, 0.15) is 12.9 Å². The number of amides is 1. The second-order valence-corrected chi connectivity index (χ2v) is 6.30. The van der Waals surface area contributed by atoms with Crippen molar-refractivity contribution in [2.75, 3.05) is 24.1 Å². The average molecular weight is 381 g/mol. The van der Waals surface area contributed by atoms with Crippen LogP contribution in [0.5, 0.6) is 0 Å². The van der Waals surface area contributed by atoms with Crippen LogP contribution >= 0.6 is 0 Å². The number of nitrogens with one attached hydrogen (secondary N) is 2. The number of nitrogen functional groups attached to an aromatic ring is 1. The van der Waals surface area contributed by atoms with E-state index in [0.29, 0.717) is 12.2 Å². The van der Waals surface area contributed by atoms with Gasteiger partial charge >= 0.3 is 0 Å². The largest absolute Gasteiger partial charge is 0.387 e. The molecule has 1 amide bonds. The predicted molar refractivity (Wildman–Crippen MR) is 105 cm³/mol. The van der Waals surface area contributed by atoms with E-state index < -0.39 is 6.10 Å². The molecule has 0 radical (unpaired) electrons. The summed E-state index contributed by atoms with van der Waals surface area (Å²) in [6.07, 6.45) is 4.99. The van der Waals surface area contributed by atoms with E-state index in [9.17, 15) is 9.90 Å². The number of pyridine rings is 1. The number of carbonyl (C=O) groups excluding carboxylic acids is 1. The molecule has 28 heavy (non-hydrogen) atoms. The number of carbonyl (C=O) groups is 1. The van der Waals surface area contributed by atoms with Crippen molar-refractivity contribution < 1.29 is 9.90 Å². The lowest BCUT2D eigenvalue weighted by atomic mass is 10.1. The fraction of sp³-hybridized carbons (Fsp3) is 0.263. The van der Waals surface area contributed by atoms with Crippen molar-refractivity contribution >= 4 is 17.5 Å². The van der Waals surface area contributed by atoms with Gasteiger partial charge in [-0.3, -0.25) is 9.78 Å². The molecule has 5 N–H and O–H groups in total. The van der Waals surface area contributed by atoms with Gasteiger partial charge < -0.3 is 21.5 Å². The molecule has 2 heterocycles. The highest BCUT2D eigenvalue weighted by Crippen LogP contribution is 2.11. The van der Waals surface area contributed by atoms with Crippen molar-refractivity contribution in [2.45, 2.75) is 19.1 Å². The molecule has 0 fully saturated rings. The highest BCUT2D eigenvalue weighted by Gasteiger charge is 2.07. The molecule has 3 rings (SSSR count). The summed E-state index contributed by atoms with van der Waals surface area (Å²) in [4.78, 5) is 19.8. The second-order valence-electron chi connectivity index (χ2n) is 6.30. The fourth-order valence-electron chi connectivity index (χ4n) is 2.65. The van der Waals surface area contributed by atoms with Gasteiger partial charge in [0.15, 0.2) is 0 Å². The lowest BCUT2D eigenvalue weighted by molar-refractivity contribution is -0.116. The van der Waals surface area contributed by atoms with Gasteiger partial charge in [0.25, 0.3) is 0 Å². The number of rotatable bonds is 9. The van der Waals surface area contributed by atoms with E-state index in [1.54, 1.807) is 18.5 Å². The normalized spacial score (nSPS) is 11.9. The Bertz CT molecular complexity index is 881. The average Bonchev–Trinajstić information content (AvgIpc) is 3.11. The maximum Gasteiger partial charge on any atom is 0.246 e. The highest BCUT2D eigenvalue weighted by atomic mass is 16.3. The van der Waals surface area contributed by atoms with Gasteiger partial charge in [0, 0.05) is 30.2 Å². The number of nitrogens with two attached hydrogens (primary N) is 1. The van der Waals surface area contributed by atoms with E-state index in [0.717, 1.165) is 24.1 Å². The van der Waals surface area contributed by atoms with E-state index in [2.05, 4.69) is 25.7 Å². The monoisotopic (exact) mass is 381 g/mol. The van der Waals surface area contributed by atoms with Crippen LogP contribution in [0.15, 0.2) is 55.1 Å². The molecule has 0 unspecified atom stereocenters. The molecule has 2 aromatic heterocycles. The number of aromatic nitrogens is 4. The molecule has 0 bridgehead atoms. The van der Waals surface area contributed by atoms with Gasteiger partial charge in [0.05, 0.1) is 6.10 Å². The quantitative estimate of drug-likeness (QED) is 0.402. The molecular weight excluding hydrogens is 358 g/mol. The Morgan fingerprint density at radius 2 is 2.07 bits per heavy atom. The van der Waals surface area contributed by atoms with Crippen LogP contribution in [0.3, 0.4) is 0 Å². The van der Waals surface area contributed by atoms with Crippen molar-refractivity contribution in [2.24, 2.45) is 0 Å². The summed E-state index contributed by atoms with van der Waals surface area (Å²) in [6, 6.07) is 11.3. The summed E-state index contributed by atoms with van der Waals surface area (Å²) >= 11 is 0. The van der Waals surface area contributed by atoms with Crippen LogP contribution < -0.4 is 16.4 Å². The summed E-state index contributed by atoms with van der Waals surface area (Å²) in [5.74, 6) is -0.0672. The van der Waals surface area contributed by atoms with Crippen molar-refractivity contribution in [3.63, 3.8) is 0 Å². The first-order valence-corrected chi connectivity index (χ1v) is 8.92. The van der Waals surface area contributed by atoms with E-state index in [4.69, 9.17) is 5.73 Å². The van der Waals surface area contributed by atoms with Crippen molar-refractivity contribution in [1.29, 1.82) is 0 Å².